The molecule has 3 heterocycles. The van der Waals surface area contributed by atoms with Crippen molar-refractivity contribution in [2.24, 2.45) is 0 Å². The van der Waals surface area contributed by atoms with Crippen LogP contribution in [0, 0.1) is 0 Å². The van der Waals surface area contributed by atoms with E-state index in [1.54, 1.807) is 0 Å². The summed E-state index contributed by atoms with van der Waals surface area (Å²) in [6.45, 7) is 0.133. The third-order valence-electron chi connectivity index (χ3n) is 11.1. The molecule has 6 aliphatic rings. The maximum absolute atomic E-state index is 7.13. The molecule has 0 aromatic heterocycles. The molecule has 3 aliphatic heterocycles. The van der Waals surface area contributed by atoms with E-state index in [4.69, 9.17) is 9.47 Å². The fourth-order valence-corrected chi connectivity index (χ4v) is 9.39. The van der Waals surface area contributed by atoms with E-state index in [2.05, 4.69) is 91.0 Å². The molecule has 0 saturated heterocycles. The molecule has 0 atom stereocenters. The minimum absolute atomic E-state index is 0.133. The minimum atomic E-state index is 0.133. The molecule has 0 amide bonds. The molecule has 0 N–H and O–H groups in total. The SMILES string of the molecule is c1ccc2c(c1)Cc1c-2cc2c3c1Cc1cc4c(c5c1B3c1c(cc3c(c1O2)Cc1ccccc1-3)O5)Cc1ccccc1-4. The van der Waals surface area contributed by atoms with Gasteiger partial charge < -0.3 is 9.47 Å². The van der Waals surface area contributed by atoms with Gasteiger partial charge in [0.2, 0.25) is 0 Å². The van der Waals surface area contributed by atoms with Crippen molar-refractivity contribution in [3.8, 4) is 56.4 Å². The lowest BCUT2D eigenvalue weighted by molar-refractivity contribution is 0.459. The Morgan fingerprint density at radius 3 is 1.49 bits per heavy atom. The highest BCUT2D eigenvalue weighted by Gasteiger charge is 2.49. The fraction of sp³-hybridized carbons (Fsp3) is 0.100. The third-order valence-corrected chi connectivity index (χ3v) is 11.1. The summed E-state index contributed by atoms with van der Waals surface area (Å²) < 4.78 is 14.3. The van der Waals surface area contributed by atoms with Gasteiger partial charge in [0, 0.05) is 29.4 Å². The summed E-state index contributed by atoms with van der Waals surface area (Å²) in [5.74, 6) is 4.14. The zero-order valence-corrected chi connectivity index (χ0v) is 23.4. The molecule has 0 radical (unpaired) electrons. The van der Waals surface area contributed by atoms with Gasteiger partial charge in [0.1, 0.15) is 23.0 Å². The summed E-state index contributed by atoms with van der Waals surface area (Å²) in [7, 11) is 0. The summed E-state index contributed by atoms with van der Waals surface area (Å²) in [6.07, 6.45) is 3.73. The van der Waals surface area contributed by atoms with E-state index in [-0.39, 0.29) is 6.71 Å². The Labute approximate surface area is 249 Å². The van der Waals surface area contributed by atoms with Crippen molar-refractivity contribution in [2.45, 2.75) is 25.7 Å². The Balaban J connectivity index is 1.20. The first-order valence-corrected chi connectivity index (χ1v) is 15.5. The van der Waals surface area contributed by atoms with E-state index in [1.165, 1.54) is 94.3 Å². The molecule has 43 heavy (non-hydrogen) atoms. The Morgan fingerprint density at radius 1 is 0.395 bits per heavy atom. The van der Waals surface area contributed by atoms with Crippen LogP contribution < -0.4 is 25.9 Å². The summed E-state index contributed by atoms with van der Waals surface area (Å²) in [5, 5.41) is 0. The van der Waals surface area contributed by atoms with E-state index < -0.39 is 0 Å². The van der Waals surface area contributed by atoms with Crippen LogP contribution in [-0.2, 0) is 25.7 Å². The van der Waals surface area contributed by atoms with Gasteiger partial charge in [-0.3, -0.25) is 0 Å². The van der Waals surface area contributed by atoms with E-state index in [9.17, 15) is 0 Å². The summed E-state index contributed by atoms with van der Waals surface area (Å²) >= 11 is 0. The van der Waals surface area contributed by atoms with E-state index >= 15 is 0 Å². The molecular formula is C40H23BO2. The molecule has 0 saturated carbocycles. The molecule has 6 aromatic carbocycles. The van der Waals surface area contributed by atoms with Gasteiger partial charge in [-0.2, -0.15) is 0 Å². The summed E-state index contributed by atoms with van der Waals surface area (Å²) in [4.78, 5) is 0. The molecule has 0 unspecified atom stereocenters. The lowest BCUT2D eigenvalue weighted by atomic mass is 9.31. The molecule has 0 spiro atoms. The van der Waals surface area contributed by atoms with Crippen molar-refractivity contribution in [3.63, 3.8) is 0 Å². The molecular weight excluding hydrogens is 523 g/mol. The highest BCUT2D eigenvalue weighted by molar-refractivity contribution is 6.99. The predicted octanol–water partition coefficient (Wildman–Crippen LogP) is 7.03. The second-order valence-electron chi connectivity index (χ2n) is 13.1. The predicted molar refractivity (Wildman–Crippen MR) is 172 cm³/mol. The molecule has 2 nitrogen and oxygen atoms in total. The smallest absolute Gasteiger partial charge is 0.261 e. The van der Waals surface area contributed by atoms with Gasteiger partial charge in [-0.15, -0.1) is 0 Å². The molecule has 0 bridgehead atoms. The van der Waals surface area contributed by atoms with Gasteiger partial charge in [0.25, 0.3) is 6.71 Å². The standard InChI is InChI=1S/C40H23BO2/c1-5-11-25-20(7-1)13-28-29(25)18-34-37-31(28)17-23-16-27-24-10-4-2-8-21(24)14-32(27)39-36(23)41(37)38-35(43-39)19-30-26-12-6-3-9-22(26)15-33(30)40(38)42-34/h1-12,16,18-19H,13-15,17H2. The number of ether oxygens (including phenoxy) is 2. The monoisotopic (exact) mass is 546 g/mol. The average molecular weight is 546 g/mol. The Kier molecular flexibility index (Phi) is 3.59. The average Bonchev–Trinajstić information content (AvgIpc) is 3.73. The molecule has 3 aliphatic carbocycles. The van der Waals surface area contributed by atoms with Crippen LogP contribution >= 0.6 is 0 Å². The molecule has 6 aromatic rings. The van der Waals surface area contributed by atoms with Crippen molar-refractivity contribution < 1.29 is 9.47 Å². The van der Waals surface area contributed by atoms with Crippen LogP contribution in [0.2, 0.25) is 0 Å². The van der Waals surface area contributed by atoms with Crippen LogP contribution in [-0.4, -0.2) is 6.71 Å². The van der Waals surface area contributed by atoms with Crippen molar-refractivity contribution in [1.82, 2.24) is 0 Å². The van der Waals surface area contributed by atoms with Crippen LogP contribution in [0.1, 0.15) is 44.5 Å². The number of hydrogen-bond acceptors (Lipinski definition) is 2. The second-order valence-corrected chi connectivity index (χ2v) is 13.1. The highest BCUT2D eigenvalue weighted by atomic mass is 16.5. The number of benzene rings is 6. The first-order valence-electron chi connectivity index (χ1n) is 15.5. The maximum atomic E-state index is 7.13. The van der Waals surface area contributed by atoms with Crippen LogP contribution in [0.25, 0.3) is 33.4 Å². The minimum Gasteiger partial charge on any atom is -0.458 e. The maximum Gasteiger partial charge on any atom is 0.261 e. The fourth-order valence-electron chi connectivity index (χ4n) is 9.39. The zero-order chi connectivity index (χ0) is 27.6. The van der Waals surface area contributed by atoms with Gasteiger partial charge in [-0.1, -0.05) is 78.9 Å². The Morgan fingerprint density at radius 2 is 0.860 bits per heavy atom. The van der Waals surface area contributed by atoms with Crippen molar-refractivity contribution in [3.05, 3.63) is 136 Å². The number of rotatable bonds is 0. The Bertz CT molecular complexity index is 2100. The first-order chi connectivity index (χ1) is 21.3. The number of fused-ring (bicyclic) bond motifs is 12. The zero-order valence-electron chi connectivity index (χ0n) is 23.4. The van der Waals surface area contributed by atoms with Gasteiger partial charge in [0.05, 0.1) is 0 Å². The molecule has 3 heteroatoms. The largest absolute Gasteiger partial charge is 0.458 e. The van der Waals surface area contributed by atoms with Gasteiger partial charge in [-0.05, 0) is 103 Å². The van der Waals surface area contributed by atoms with Crippen LogP contribution in [0.3, 0.4) is 0 Å². The van der Waals surface area contributed by atoms with Gasteiger partial charge in [0.15, 0.2) is 0 Å². The quantitative estimate of drug-likeness (QED) is 0.190. The molecule has 0 fully saturated rings. The van der Waals surface area contributed by atoms with Gasteiger partial charge >= 0.3 is 0 Å². The van der Waals surface area contributed by atoms with Crippen LogP contribution in [0.4, 0.5) is 0 Å². The normalized spacial score (nSPS) is 15.4. The van der Waals surface area contributed by atoms with E-state index in [0.29, 0.717) is 0 Å². The van der Waals surface area contributed by atoms with E-state index in [1.807, 2.05) is 0 Å². The lowest BCUT2D eigenvalue weighted by Crippen LogP contribution is -2.62. The molecule has 198 valence electrons. The third kappa shape index (κ3) is 2.45. The van der Waals surface area contributed by atoms with Crippen molar-refractivity contribution in [2.75, 3.05) is 0 Å². The first kappa shape index (κ1) is 21.7. The second kappa shape index (κ2) is 7.13. The molecule has 12 rings (SSSR count). The Hall–Kier alpha value is -5.02. The van der Waals surface area contributed by atoms with Gasteiger partial charge in [-0.25, -0.2) is 0 Å². The van der Waals surface area contributed by atoms with E-state index in [0.717, 1.165) is 48.7 Å². The lowest BCUT2D eigenvalue weighted by Gasteiger charge is -2.40. The number of hydrogen-bond donors (Lipinski definition) is 0. The van der Waals surface area contributed by atoms with Crippen molar-refractivity contribution in [1.29, 1.82) is 0 Å². The highest BCUT2D eigenvalue weighted by Crippen LogP contribution is 2.52. The van der Waals surface area contributed by atoms with Crippen molar-refractivity contribution >= 4 is 23.1 Å². The summed E-state index contributed by atoms with van der Waals surface area (Å²) in [6, 6.07) is 33.9. The summed E-state index contributed by atoms with van der Waals surface area (Å²) in [5.41, 5.74) is 23.2. The topological polar surface area (TPSA) is 18.5 Å². The van der Waals surface area contributed by atoms with Crippen LogP contribution in [0.15, 0.2) is 91.0 Å². The van der Waals surface area contributed by atoms with Crippen LogP contribution in [0.5, 0.6) is 23.0 Å².